The summed E-state index contributed by atoms with van der Waals surface area (Å²) in [6.07, 6.45) is 6.52. The second-order valence-electron chi connectivity index (χ2n) is 5.89. The van der Waals surface area contributed by atoms with Gasteiger partial charge in [-0.25, -0.2) is 0 Å². The number of benzene rings is 1. The average Bonchev–Trinajstić information content (AvgIpc) is 3.23. The van der Waals surface area contributed by atoms with E-state index in [2.05, 4.69) is 29.4 Å². The third kappa shape index (κ3) is 3.92. The Morgan fingerprint density at radius 3 is 2.79 bits per heavy atom. The molecule has 1 N–H and O–H groups in total. The van der Waals surface area contributed by atoms with Gasteiger partial charge in [0.2, 0.25) is 12.7 Å². The molecular formula is C17H20N4O3. The molecule has 0 saturated heterocycles. The van der Waals surface area contributed by atoms with E-state index in [9.17, 15) is 4.79 Å². The number of nitrogens with zero attached hydrogens (tertiary/aromatic N) is 3. The largest absolute Gasteiger partial charge is 0.454 e. The van der Waals surface area contributed by atoms with Crippen LogP contribution in [-0.4, -0.2) is 33.7 Å². The number of nitrogens with one attached hydrogen (secondary N) is 1. The maximum absolute atomic E-state index is 12.2. The first-order chi connectivity index (χ1) is 11.6. The van der Waals surface area contributed by atoms with Crippen LogP contribution in [0.15, 0.2) is 36.7 Å². The van der Waals surface area contributed by atoms with Gasteiger partial charge in [-0.2, -0.15) is 15.0 Å². The molecule has 1 aliphatic heterocycles. The Morgan fingerprint density at radius 1 is 1.29 bits per heavy atom. The predicted molar refractivity (Wildman–Crippen MR) is 88.4 cm³/mol. The summed E-state index contributed by atoms with van der Waals surface area (Å²) < 4.78 is 10.6. The molecule has 3 rings (SSSR count). The zero-order valence-corrected chi connectivity index (χ0v) is 13.7. The van der Waals surface area contributed by atoms with Gasteiger partial charge >= 0.3 is 0 Å². The number of hydrogen-bond donors (Lipinski definition) is 1. The van der Waals surface area contributed by atoms with E-state index >= 15 is 0 Å². The summed E-state index contributed by atoms with van der Waals surface area (Å²) in [5.74, 6) is 1.53. The molecule has 1 atom stereocenters. The molecule has 0 saturated carbocycles. The lowest BCUT2D eigenvalue weighted by Gasteiger charge is -2.20. The number of carbonyl (C=O) groups excluding carboxylic acids is 1. The number of hydrogen-bond acceptors (Lipinski definition) is 5. The van der Waals surface area contributed by atoms with E-state index < -0.39 is 0 Å². The molecule has 1 aromatic heterocycles. The van der Waals surface area contributed by atoms with Crippen LogP contribution in [0.3, 0.4) is 0 Å². The van der Waals surface area contributed by atoms with Crippen molar-refractivity contribution in [3.05, 3.63) is 42.2 Å². The fraction of sp³-hybridized carbons (Fsp3) is 0.353. The zero-order chi connectivity index (χ0) is 16.9. The topological polar surface area (TPSA) is 78.3 Å². The van der Waals surface area contributed by atoms with Crippen LogP contribution in [-0.2, 0) is 11.3 Å². The SMILES string of the molecule is CC(C)C(Cn1nccn1)NC(=O)/C=C/c1ccc2c(c1)OCO2. The quantitative estimate of drug-likeness (QED) is 0.819. The minimum Gasteiger partial charge on any atom is -0.454 e. The lowest BCUT2D eigenvalue weighted by molar-refractivity contribution is -0.117. The smallest absolute Gasteiger partial charge is 0.244 e. The molecule has 0 aliphatic carbocycles. The lowest BCUT2D eigenvalue weighted by Crippen LogP contribution is -2.41. The molecule has 7 nitrogen and oxygen atoms in total. The standard InChI is InChI=1S/C17H20N4O3/c1-12(2)14(10-21-18-7-8-19-21)20-17(22)6-4-13-3-5-15-16(9-13)24-11-23-15/h3-9,12,14H,10-11H2,1-2H3,(H,20,22)/b6-4+. The van der Waals surface area contributed by atoms with E-state index in [1.807, 2.05) is 18.2 Å². The molecule has 0 radical (unpaired) electrons. The molecular weight excluding hydrogens is 308 g/mol. The van der Waals surface area contributed by atoms with Gasteiger partial charge in [0.05, 0.1) is 25.0 Å². The first-order valence-electron chi connectivity index (χ1n) is 7.84. The monoisotopic (exact) mass is 328 g/mol. The average molecular weight is 328 g/mol. The molecule has 1 aliphatic rings. The first kappa shape index (κ1) is 16.0. The number of ether oxygens (including phenoxy) is 2. The zero-order valence-electron chi connectivity index (χ0n) is 13.7. The van der Waals surface area contributed by atoms with Gasteiger partial charge in [0, 0.05) is 6.08 Å². The summed E-state index contributed by atoms with van der Waals surface area (Å²) in [5.41, 5.74) is 0.879. The molecule has 0 fully saturated rings. The summed E-state index contributed by atoms with van der Waals surface area (Å²) in [7, 11) is 0. The van der Waals surface area contributed by atoms with Crippen LogP contribution >= 0.6 is 0 Å². The van der Waals surface area contributed by atoms with E-state index in [1.165, 1.54) is 6.08 Å². The molecule has 24 heavy (non-hydrogen) atoms. The Hall–Kier alpha value is -2.83. The maximum atomic E-state index is 12.2. The fourth-order valence-electron chi connectivity index (χ4n) is 2.36. The number of amides is 1. The van der Waals surface area contributed by atoms with E-state index in [-0.39, 0.29) is 24.7 Å². The van der Waals surface area contributed by atoms with Crippen LogP contribution in [0.5, 0.6) is 11.5 Å². The maximum Gasteiger partial charge on any atom is 0.244 e. The molecule has 7 heteroatoms. The highest BCUT2D eigenvalue weighted by atomic mass is 16.7. The van der Waals surface area contributed by atoms with Gasteiger partial charge in [0.15, 0.2) is 11.5 Å². The van der Waals surface area contributed by atoms with Crippen LogP contribution in [0.25, 0.3) is 6.08 Å². The fourth-order valence-corrected chi connectivity index (χ4v) is 2.36. The molecule has 2 aromatic rings. The normalized spacial score (nSPS) is 14.3. The van der Waals surface area contributed by atoms with E-state index in [0.29, 0.717) is 12.3 Å². The minimum absolute atomic E-state index is 0.0497. The van der Waals surface area contributed by atoms with Crippen molar-refractivity contribution < 1.29 is 14.3 Å². The van der Waals surface area contributed by atoms with E-state index in [0.717, 1.165) is 11.3 Å². The Kier molecular flexibility index (Phi) is 4.79. The van der Waals surface area contributed by atoms with Crippen LogP contribution < -0.4 is 14.8 Å². The summed E-state index contributed by atoms with van der Waals surface area (Å²) in [6.45, 7) is 4.88. The summed E-state index contributed by atoms with van der Waals surface area (Å²) in [6, 6.07) is 5.51. The highest BCUT2D eigenvalue weighted by Gasteiger charge is 2.17. The third-order valence-corrected chi connectivity index (χ3v) is 3.78. The molecule has 0 spiro atoms. The third-order valence-electron chi connectivity index (χ3n) is 3.78. The van der Waals surface area contributed by atoms with Crippen LogP contribution in [0, 0.1) is 5.92 Å². The number of aromatic nitrogens is 3. The van der Waals surface area contributed by atoms with Gasteiger partial charge in [-0.1, -0.05) is 19.9 Å². The van der Waals surface area contributed by atoms with E-state index in [1.54, 1.807) is 23.3 Å². The highest BCUT2D eigenvalue weighted by Crippen LogP contribution is 2.32. The number of fused-ring (bicyclic) bond motifs is 1. The molecule has 1 aromatic carbocycles. The van der Waals surface area contributed by atoms with Gasteiger partial charge in [-0.05, 0) is 29.7 Å². The van der Waals surface area contributed by atoms with E-state index in [4.69, 9.17) is 9.47 Å². The first-order valence-corrected chi connectivity index (χ1v) is 7.84. The van der Waals surface area contributed by atoms with Gasteiger partial charge < -0.3 is 14.8 Å². The Labute approximate surface area is 140 Å². The van der Waals surface area contributed by atoms with Crippen LogP contribution in [0.4, 0.5) is 0 Å². The van der Waals surface area contributed by atoms with Crippen LogP contribution in [0.2, 0.25) is 0 Å². The Morgan fingerprint density at radius 2 is 2.04 bits per heavy atom. The summed E-state index contributed by atoms with van der Waals surface area (Å²) in [5, 5.41) is 11.2. The van der Waals surface area contributed by atoms with Crippen LogP contribution in [0.1, 0.15) is 19.4 Å². The van der Waals surface area contributed by atoms with Gasteiger partial charge in [-0.3, -0.25) is 4.79 Å². The molecule has 2 heterocycles. The van der Waals surface area contributed by atoms with Crippen molar-refractivity contribution in [1.29, 1.82) is 0 Å². The second kappa shape index (κ2) is 7.16. The summed E-state index contributed by atoms with van der Waals surface area (Å²) in [4.78, 5) is 13.8. The molecule has 1 unspecified atom stereocenters. The Balaban J connectivity index is 1.60. The number of carbonyl (C=O) groups is 1. The van der Waals surface area contributed by atoms with Crippen molar-refractivity contribution in [3.8, 4) is 11.5 Å². The lowest BCUT2D eigenvalue weighted by atomic mass is 10.0. The van der Waals surface area contributed by atoms with Crippen molar-refractivity contribution in [1.82, 2.24) is 20.3 Å². The van der Waals surface area contributed by atoms with Crippen molar-refractivity contribution in [2.24, 2.45) is 5.92 Å². The van der Waals surface area contributed by atoms with Crippen molar-refractivity contribution in [2.45, 2.75) is 26.4 Å². The van der Waals surface area contributed by atoms with Gasteiger partial charge in [0.25, 0.3) is 0 Å². The Bertz CT molecular complexity index is 725. The predicted octanol–water partition coefficient (Wildman–Crippen LogP) is 1.86. The highest BCUT2D eigenvalue weighted by molar-refractivity contribution is 5.92. The minimum atomic E-state index is -0.154. The number of rotatable bonds is 6. The second-order valence-corrected chi connectivity index (χ2v) is 5.89. The molecule has 1 amide bonds. The van der Waals surface area contributed by atoms with Crippen molar-refractivity contribution in [2.75, 3.05) is 6.79 Å². The molecule has 126 valence electrons. The van der Waals surface area contributed by atoms with Gasteiger partial charge in [0.1, 0.15) is 0 Å². The van der Waals surface area contributed by atoms with Crippen molar-refractivity contribution in [3.63, 3.8) is 0 Å². The van der Waals surface area contributed by atoms with Gasteiger partial charge in [-0.15, -0.1) is 0 Å². The summed E-state index contributed by atoms with van der Waals surface area (Å²) >= 11 is 0. The van der Waals surface area contributed by atoms with Crippen molar-refractivity contribution >= 4 is 12.0 Å². The molecule has 0 bridgehead atoms.